The smallest absolute Gasteiger partial charge is 0.202 e. The third kappa shape index (κ3) is 0.512. The minimum absolute atomic E-state index is 0.0417. The number of fused-ring (bicyclic) bond motifs is 1. The molecule has 0 radical (unpaired) electrons. The number of ketones is 2. The van der Waals surface area contributed by atoms with Crippen molar-refractivity contribution in [2.45, 2.75) is 19.3 Å². The van der Waals surface area contributed by atoms with E-state index in [1.54, 1.807) is 0 Å². The number of hydrogen-bond acceptors (Lipinski definition) is 2. The molecule has 0 saturated heterocycles. The summed E-state index contributed by atoms with van der Waals surface area (Å²) < 4.78 is 0. The first-order chi connectivity index (χ1) is 5.27. The van der Waals surface area contributed by atoms with E-state index in [0.29, 0.717) is 11.8 Å². The Hall–Kier alpha value is -0.660. The Balaban J connectivity index is 2.12. The molecule has 3 saturated carbocycles. The molecule has 2 unspecified atom stereocenters. The monoisotopic (exact) mass is 150 g/mol. The van der Waals surface area contributed by atoms with Gasteiger partial charge in [0.2, 0.25) is 11.6 Å². The van der Waals surface area contributed by atoms with Crippen molar-refractivity contribution in [2.75, 3.05) is 0 Å². The normalized spacial score (nSPS) is 52.7. The Morgan fingerprint density at radius 2 is 1.45 bits per heavy atom. The van der Waals surface area contributed by atoms with Gasteiger partial charge in [0.05, 0.1) is 0 Å². The Labute approximate surface area is 65.0 Å². The van der Waals surface area contributed by atoms with Crippen LogP contribution in [0.25, 0.3) is 0 Å². The summed E-state index contributed by atoms with van der Waals surface area (Å²) in [4.78, 5) is 22.5. The van der Waals surface area contributed by atoms with Crippen LogP contribution in [0.4, 0.5) is 0 Å². The highest BCUT2D eigenvalue weighted by Gasteiger charge is 2.58. The Bertz CT molecular complexity index is 232. The molecule has 58 valence electrons. The molecule has 2 heteroatoms. The van der Waals surface area contributed by atoms with Crippen LogP contribution in [0.1, 0.15) is 19.3 Å². The number of carbonyl (C=O) groups excluding carboxylic acids is 2. The largest absolute Gasteiger partial charge is 0.291 e. The molecule has 3 aliphatic carbocycles. The molecule has 2 bridgehead atoms. The van der Waals surface area contributed by atoms with Crippen molar-refractivity contribution >= 4 is 11.6 Å². The second kappa shape index (κ2) is 1.57. The van der Waals surface area contributed by atoms with Crippen molar-refractivity contribution in [3.8, 4) is 0 Å². The summed E-state index contributed by atoms with van der Waals surface area (Å²) in [6.45, 7) is 0. The summed E-state index contributed by atoms with van der Waals surface area (Å²) in [6.07, 6.45) is 3.20. The van der Waals surface area contributed by atoms with E-state index in [4.69, 9.17) is 0 Å². The zero-order valence-electron chi connectivity index (χ0n) is 6.25. The van der Waals surface area contributed by atoms with Crippen molar-refractivity contribution in [1.82, 2.24) is 0 Å². The van der Waals surface area contributed by atoms with Gasteiger partial charge in [-0.05, 0) is 31.1 Å². The van der Waals surface area contributed by atoms with E-state index in [1.807, 2.05) is 0 Å². The molecule has 0 aliphatic heterocycles. The van der Waals surface area contributed by atoms with Gasteiger partial charge < -0.3 is 0 Å². The van der Waals surface area contributed by atoms with Crippen molar-refractivity contribution < 1.29 is 9.59 Å². The Morgan fingerprint density at radius 1 is 0.909 bits per heavy atom. The molecule has 0 aromatic rings. The molecule has 0 aromatic heterocycles. The van der Waals surface area contributed by atoms with Crippen LogP contribution in [-0.4, -0.2) is 11.6 Å². The van der Waals surface area contributed by atoms with Crippen molar-refractivity contribution in [2.24, 2.45) is 23.7 Å². The van der Waals surface area contributed by atoms with Crippen LogP contribution in [0.2, 0.25) is 0 Å². The topological polar surface area (TPSA) is 34.1 Å². The molecular formula is C9H10O2. The quantitative estimate of drug-likeness (QED) is 0.479. The van der Waals surface area contributed by atoms with Crippen LogP contribution in [0.15, 0.2) is 0 Å². The van der Waals surface area contributed by atoms with E-state index in [1.165, 1.54) is 0 Å². The predicted molar refractivity (Wildman–Crippen MR) is 37.8 cm³/mol. The number of carbonyl (C=O) groups is 2. The lowest BCUT2D eigenvalue weighted by Gasteiger charge is -2.13. The molecule has 0 heterocycles. The third-order valence-corrected chi connectivity index (χ3v) is 3.73. The molecule has 11 heavy (non-hydrogen) atoms. The summed E-state index contributed by atoms with van der Waals surface area (Å²) in [5.74, 6) is 1.42. The molecule has 3 rings (SSSR count). The van der Waals surface area contributed by atoms with Crippen LogP contribution in [0.5, 0.6) is 0 Å². The second-order valence-corrected chi connectivity index (χ2v) is 4.18. The maximum absolute atomic E-state index is 11.3. The lowest BCUT2D eigenvalue weighted by molar-refractivity contribution is -0.136. The van der Waals surface area contributed by atoms with Crippen LogP contribution >= 0.6 is 0 Å². The van der Waals surface area contributed by atoms with Gasteiger partial charge in [-0.25, -0.2) is 0 Å². The van der Waals surface area contributed by atoms with E-state index in [-0.39, 0.29) is 23.4 Å². The maximum atomic E-state index is 11.3. The second-order valence-electron chi connectivity index (χ2n) is 4.18. The first-order valence-corrected chi connectivity index (χ1v) is 4.35. The highest BCUT2D eigenvalue weighted by Crippen LogP contribution is 2.56. The van der Waals surface area contributed by atoms with Gasteiger partial charge in [0.25, 0.3) is 0 Å². The van der Waals surface area contributed by atoms with Crippen molar-refractivity contribution in [3.63, 3.8) is 0 Å². The fraction of sp³-hybridized carbons (Fsp3) is 0.778. The van der Waals surface area contributed by atoms with Crippen molar-refractivity contribution in [1.29, 1.82) is 0 Å². The van der Waals surface area contributed by atoms with E-state index >= 15 is 0 Å². The van der Waals surface area contributed by atoms with Gasteiger partial charge in [0.1, 0.15) is 0 Å². The van der Waals surface area contributed by atoms with E-state index in [9.17, 15) is 9.59 Å². The number of hydrogen-bond donors (Lipinski definition) is 0. The van der Waals surface area contributed by atoms with Gasteiger partial charge in [0.15, 0.2) is 0 Å². The van der Waals surface area contributed by atoms with Gasteiger partial charge in [-0.15, -0.1) is 0 Å². The van der Waals surface area contributed by atoms with Gasteiger partial charge >= 0.3 is 0 Å². The predicted octanol–water partition coefficient (Wildman–Crippen LogP) is 0.800. The van der Waals surface area contributed by atoms with E-state index < -0.39 is 0 Å². The minimum Gasteiger partial charge on any atom is -0.291 e. The molecule has 0 spiro atoms. The molecule has 0 aromatic carbocycles. The molecule has 0 amide bonds. The first kappa shape index (κ1) is 5.92. The van der Waals surface area contributed by atoms with Gasteiger partial charge in [-0.3, -0.25) is 9.59 Å². The summed E-state index contributed by atoms with van der Waals surface area (Å²) in [5.41, 5.74) is 0. The summed E-state index contributed by atoms with van der Waals surface area (Å²) in [6, 6.07) is 0. The average Bonchev–Trinajstić information content (AvgIpc) is 2.60. The van der Waals surface area contributed by atoms with Crippen LogP contribution in [0, 0.1) is 23.7 Å². The number of Topliss-reactive ketones (excluding diaryl/α,β-unsaturated/α-hetero) is 2. The molecule has 3 aliphatic rings. The standard InChI is InChI=1S/C9H10O2/c10-8-6-2-4-1-5(6)7(3-4)9(8)11/h4-7H,1-3H2. The molecule has 0 N–H and O–H groups in total. The lowest BCUT2D eigenvalue weighted by Crippen LogP contribution is -2.12. The SMILES string of the molecule is O=C1C(=O)C2CC3CC1C2C3. The van der Waals surface area contributed by atoms with Crippen LogP contribution in [-0.2, 0) is 9.59 Å². The zero-order valence-corrected chi connectivity index (χ0v) is 6.25. The summed E-state index contributed by atoms with van der Waals surface area (Å²) in [5, 5.41) is 0. The Morgan fingerprint density at radius 3 is 1.82 bits per heavy atom. The van der Waals surface area contributed by atoms with Gasteiger partial charge in [-0.2, -0.15) is 0 Å². The molecule has 3 fully saturated rings. The highest BCUT2D eigenvalue weighted by molar-refractivity contribution is 6.41. The van der Waals surface area contributed by atoms with E-state index in [0.717, 1.165) is 19.3 Å². The molecular weight excluding hydrogens is 140 g/mol. The lowest BCUT2D eigenvalue weighted by atomic mass is 9.89. The first-order valence-electron chi connectivity index (χ1n) is 4.35. The highest BCUT2D eigenvalue weighted by atomic mass is 16.2. The number of rotatable bonds is 0. The fourth-order valence-electron chi connectivity index (χ4n) is 3.32. The fourth-order valence-corrected chi connectivity index (χ4v) is 3.32. The third-order valence-electron chi connectivity index (χ3n) is 3.73. The zero-order chi connectivity index (χ0) is 7.59. The van der Waals surface area contributed by atoms with Gasteiger partial charge in [-0.1, -0.05) is 0 Å². The molecule has 2 atom stereocenters. The average molecular weight is 150 g/mol. The van der Waals surface area contributed by atoms with Crippen LogP contribution < -0.4 is 0 Å². The Kier molecular flexibility index (Phi) is 0.846. The van der Waals surface area contributed by atoms with Crippen molar-refractivity contribution in [3.05, 3.63) is 0 Å². The summed E-state index contributed by atoms with van der Waals surface area (Å²) in [7, 11) is 0. The maximum Gasteiger partial charge on any atom is 0.202 e. The van der Waals surface area contributed by atoms with E-state index in [2.05, 4.69) is 0 Å². The minimum atomic E-state index is -0.0417. The summed E-state index contributed by atoms with van der Waals surface area (Å²) >= 11 is 0. The molecule has 2 nitrogen and oxygen atoms in total. The van der Waals surface area contributed by atoms with Gasteiger partial charge in [0, 0.05) is 11.8 Å². The van der Waals surface area contributed by atoms with Crippen LogP contribution in [0.3, 0.4) is 0 Å².